The number of rotatable bonds is 3. The van der Waals surface area contributed by atoms with Crippen molar-refractivity contribution in [3.63, 3.8) is 0 Å². The highest BCUT2D eigenvalue weighted by Crippen LogP contribution is 2.21. The molecule has 1 aliphatic rings. The van der Waals surface area contributed by atoms with E-state index in [1.54, 1.807) is 26.0 Å². The Bertz CT molecular complexity index is 502. The van der Waals surface area contributed by atoms with Crippen molar-refractivity contribution in [2.45, 2.75) is 26.3 Å². The summed E-state index contributed by atoms with van der Waals surface area (Å²) >= 11 is 0. The van der Waals surface area contributed by atoms with Gasteiger partial charge in [0.05, 0.1) is 12.1 Å². The van der Waals surface area contributed by atoms with Gasteiger partial charge in [-0.3, -0.25) is 14.5 Å². The van der Waals surface area contributed by atoms with Gasteiger partial charge in [0, 0.05) is 6.54 Å². The Morgan fingerprint density at radius 3 is 2.72 bits per heavy atom. The third-order valence-electron chi connectivity index (χ3n) is 3.01. The van der Waals surface area contributed by atoms with Gasteiger partial charge in [0.1, 0.15) is 11.9 Å². The van der Waals surface area contributed by atoms with E-state index in [-0.39, 0.29) is 23.9 Å². The summed E-state index contributed by atoms with van der Waals surface area (Å²) in [6, 6.07) is 4.07. The van der Waals surface area contributed by atoms with Gasteiger partial charge in [-0.05, 0) is 31.5 Å². The number of carbonyl (C=O) groups excluding carboxylic acids is 2. The molecule has 18 heavy (non-hydrogen) atoms. The maximum absolute atomic E-state index is 13.6. The van der Waals surface area contributed by atoms with Gasteiger partial charge in [-0.15, -0.1) is 0 Å². The van der Waals surface area contributed by atoms with Gasteiger partial charge < -0.3 is 5.32 Å². The number of anilines is 1. The van der Waals surface area contributed by atoms with Crippen LogP contribution in [0, 0.1) is 12.7 Å². The second-order valence-corrected chi connectivity index (χ2v) is 4.36. The fourth-order valence-electron chi connectivity index (χ4n) is 2.05. The number of benzene rings is 1. The second kappa shape index (κ2) is 4.76. The van der Waals surface area contributed by atoms with Crippen LogP contribution in [-0.2, 0) is 9.59 Å². The van der Waals surface area contributed by atoms with E-state index in [0.29, 0.717) is 6.54 Å². The van der Waals surface area contributed by atoms with Crippen LogP contribution in [0.1, 0.15) is 18.9 Å². The van der Waals surface area contributed by atoms with E-state index in [0.717, 1.165) is 5.56 Å². The molecule has 5 heteroatoms. The molecular formula is C13H15FN2O2. The van der Waals surface area contributed by atoms with E-state index >= 15 is 0 Å². The van der Waals surface area contributed by atoms with Crippen LogP contribution in [0.15, 0.2) is 18.2 Å². The lowest BCUT2D eigenvalue weighted by Crippen LogP contribution is -2.34. The Morgan fingerprint density at radius 2 is 2.17 bits per heavy atom. The summed E-state index contributed by atoms with van der Waals surface area (Å²) in [7, 11) is 0. The molecule has 1 atom stereocenters. The van der Waals surface area contributed by atoms with Crippen molar-refractivity contribution in [1.29, 1.82) is 0 Å². The van der Waals surface area contributed by atoms with E-state index in [4.69, 9.17) is 0 Å². The largest absolute Gasteiger partial charge is 0.371 e. The van der Waals surface area contributed by atoms with Crippen molar-refractivity contribution in [3.05, 3.63) is 29.6 Å². The molecule has 1 saturated heterocycles. The highest BCUT2D eigenvalue weighted by molar-refractivity contribution is 6.06. The number of nitrogens with one attached hydrogen (secondary N) is 1. The standard InChI is InChI=1S/C13H15FN2O2/c1-3-16-12(17)7-11(13(16)18)15-10-5-4-8(2)6-9(10)14/h4-6,11,15H,3,7H2,1-2H3. The number of likely N-dealkylation sites (N-methyl/N-ethyl adjacent to an activating group) is 1. The summed E-state index contributed by atoms with van der Waals surface area (Å²) < 4.78 is 13.6. The monoisotopic (exact) mass is 250 g/mol. The lowest BCUT2D eigenvalue weighted by Gasteiger charge is -2.14. The van der Waals surface area contributed by atoms with Crippen LogP contribution in [0.2, 0.25) is 0 Å². The molecule has 0 aliphatic carbocycles. The van der Waals surface area contributed by atoms with Crippen molar-refractivity contribution in [2.24, 2.45) is 0 Å². The average molecular weight is 250 g/mol. The van der Waals surface area contributed by atoms with Crippen molar-refractivity contribution in [2.75, 3.05) is 11.9 Å². The van der Waals surface area contributed by atoms with Gasteiger partial charge in [0.15, 0.2) is 0 Å². The second-order valence-electron chi connectivity index (χ2n) is 4.36. The number of nitrogens with zero attached hydrogens (tertiary/aromatic N) is 1. The Balaban J connectivity index is 2.15. The van der Waals surface area contributed by atoms with Crippen LogP contribution >= 0.6 is 0 Å². The predicted octanol–water partition coefficient (Wildman–Crippen LogP) is 1.69. The maximum atomic E-state index is 13.6. The molecule has 1 fully saturated rings. The zero-order chi connectivity index (χ0) is 13.3. The molecule has 4 nitrogen and oxygen atoms in total. The quantitative estimate of drug-likeness (QED) is 0.830. The number of aryl methyl sites for hydroxylation is 1. The first-order valence-electron chi connectivity index (χ1n) is 5.89. The molecule has 0 radical (unpaired) electrons. The van der Waals surface area contributed by atoms with E-state index in [1.807, 2.05) is 0 Å². The third-order valence-corrected chi connectivity index (χ3v) is 3.01. The fraction of sp³-hybridized carbons (Fsp3) is 0.385. The fourth-order valence-corrected chi connectivity index (χ4v) is 2.05. The van der Waals surface area contributed by atoms with Crippen LogP contribution in [-0.4, -0.2) is 29.3 Å². The van der Waals surface area contributed by atoms with Gasteiger partial charge >= 0.3 is 0 Å². The van der Waals surface area contributed by atoms with Gasteiger partial charge in [-0.1, -0.05) is 6.07 Å². The molecule has 2 rings (SSSR count). The molecule has 96 valence electrons. The highest BCUT2D eigenvalue weighted by Gasteiger charge is 2.37. The molecule has 1 heterocycles. The molecule has 1 unspecified atom stereocenters. The van der Waals surface area contributed by atoms with Crippen LogP contribution < -0.4 is 5.32 Å². The first-order valence-corrected chi connectivity index (χ1v) is 5.89. The molecule has 0 spiro atoms. The van der Waals surface area contributed by atoms with Gasteiger partial charge in [0.2, 0.25) is 5.91 Å². The smallest absolute Gasteiger partial charge is 0.252 e. The number of imide groups is 1. The lowest BCUT2D eigenvalue weighted by molar-refractivity contribution is -0.138. The molecule has 0 bridgehead atoms. The lowest BCUT2D eigenvalue weighted by atomic mass is 10.2. The van der Waals surface area contributed by atoms with E-state index in [1.165, 1.54) is 11.0 Å². The summed E-state index contributed by atoms with van der Waals surface area (Å²) in [5.74, 6) is -0.916. The third kappa shape index (κ3) is 2.20. The van der Waals surface area contributed by atoms with Crippen LogP contribution in [0.4, 0.5) is 10.1 Å². The molecule has 1 aromatic carbocycles. The Labute approximate surface area is 105 Å². The zero-order valence-corrected chi connectivity index (χ0v) is 10.4. The number of hydrogen-bond donors (Lipinski definition) is 1. The van der Waals surface area contributed by atoms with Gasteiger partial charge in [0.25, 0.3) is 5.91 Å². The molecule has 0 aromatic heterocycles. The van der Waals surface area contributed by atoms with Crippen molar-refractivity contribution in [1.82, 2.24) is 4.90 Å². The minimum absolute atomic E-state index is 0.0833. The minimum atomic E-state index is -0.658. The number of likely N-dealkylation sites (tertiary alicyclic amines) is 1. The Hall–Kier alpha value is -1.91. The molecular weight excluding hydrogens is 235 g/mol. The minimum Gasteiger partial charge on any atom is -0.371 e. The Kier molecular flexibility index (Phi) is 3.32. The van der Waals surface area contributed by atoms with Crippen LogP contribution in [0.3, 0.4) is 0 Å². The molecule has 2 amide bonds. The summed E-state index contributed by atoms with van der Waals surface area (Å²) in [4.78, 5) is 24.6. The first kappa shape index (κ1) is 12.5. The number of carbonyl (C=O) groups is 2. The summed E-state index contributed by atoms with van der Waals surface area (Å²) in [6.45, 7) is 3.88. The van der Waals surface area contributed by atoms with Crippen molar-refractivity contribution >= 4 is 17.5 Å². The summed E-state index contributed by atoms with van der Waals surface area (Å²) in [5.41, 5.74) is 1.06. The average Bonchev–Trinajstić information content (AvgIpc) is 2.58. The van der Waals surface area contributed by atoms with Crippen molar-refractivity contribution < 1.29 is 14.0 Å². The highest BCUT2D eigenvalue weighted by atomic mass is 19.1. The normalized spacial score (nSPS) is 19.5. The zero-order valence-electron chi connectivity index (χ0n) is 10.4. The van der Waals surface area contributed by atoms with E-state index in [2.05, 4.69) is 5.32 Å². The SMILES string of the molecule is CCN1C(=O)CC(Nc2ccc(C)cc2F)C1=O. The molecule has 1 N–H and O–H groups in total. The molecule has 0 saturated carbocycles. The maximum Gasteiger partial charge on any atom is 0.252 e. The van der Waals surface area contributed by atoms with E-state index < -0.39 is 11.9 Å². The van der Waals surface area contributed by atoms with Crippen LogP contribution in [0.25, 0.3) is 0 Å². The van der Waals surface area contributed by atoms with E-state index in [9.17, 15) is 14.0 Å². The first-order chi connectivity index (χ1) is 8.52. The van der Waals surface area contributed by atoms with Crippen molar-refractivity contribution in [3.8, 4) is 0 Å². The van der Waals surface area contributed by atoms with Gasteiger partial charge in [-0.25, -0.2) is 4.39 Å². The molecule has 1 aliphatic heterocycles. The molecule has 1 aromatic rings. The number of amides is 2. The van der Waals surface area contributed by atoms with Crippen LogP contribution in [0.5, 0.6) is 0 Å². The summed E-state index contributed by atoms with van der Waals surface area (Å²) in [5, 5.41) is 2.79. The van der Waals surface area contributed by atoms with Gasteiger partial charge in [-0.2, -0.15) is 0 Å². The topological polar surface area (TPSA) is 49.4 Å². The number of halogens is 1. The predicted molar refractivity (Wildman–Crippen MR) is 65.6 cm³/mol. The Morgan fingerprint density at radius 1 is 1.44 bits per heavy atom. The summed E-state index contributed by atoms with van der Waals surface area (Å²) in [6.07, 6.45) is 0.0833. The number of hydrogen-bond acceptors (Lipinski definition) is 3.